The molecule has 0 aliphatic heterocycles. The Balaban J connectivity index is 2.30. The van der Waals surface area contributed by atoms with Crippen LogP contribution >= 0.6 is 0 Å². The first-order valence-corrected chi connectivity index (χ1v) is 10.4. The molecule has 160 valence electrons. The lowest BCUT2D eigenvalue weighted by Crippen LogP contribution is -2.59. The molecule has 5 heteroatoms. The number of nitrogens with zero attached hydrogens (tertiary/aromatic N) is 2. The van der Waals surface area contributed by atoms with Crippen LogP contribution in [0, 0.1) is 12.7 Å². The highest BCUT2D eigenvalue weighted by Gasteiger charge is 2.45. The maximum absolute atomic E-state index is 15.0. The van der Waals surface area contributed by atoms with Crippen LogP contribution in [-0.4, -0.2) is 35.6 Å². The van der Waals surface area contributed by atoms with Gasteiger partial charge in [0, 0.05) is 18.2 Å². The normalized spacial score (nSPS) is 16.1. The van der Waals surface area contributed by atoms with Gasteiger partial charge in [-0.05, 0) is 70.6 Å². The van der Waals surface area contributed by atoms with Gasteiger partial charge in [-0.2, -0.15) is 0 Å². The zero-order valence-electron chi connectivity index (χ0n) is 18.8. The lowest BCUT2D eigenvalue weighted by atomic mass is 9.69. The molecule has 0 saturated heterocycles. The molecule has 0 radical (unpaired) electrons. The smallest absolute Gasteiger partial charge is 0.224 e. The van der Waals surface area contributed by atoms with Gasteiger partial charge in [0.05, 0.1) is 18.7 Å². The van der Waals surface area contributed by atoms with Gasteiger partial charge >= 0.3 is 0 Å². The van der Waals surface area contributed by atoms with Gasteiger partial charge in [-0.15, -0.1) is 0 Å². The minimum absolute atomic E-state index is 0.182. The average molecular weight is 403 g/mol. The lowest BCUT2D eigenvalue weighted by Gasteiger charge is -2.53. The molecule has 0 atom stereocenters. The van der Waals surface area contributed by atoms with Crippen molar-refractivity contribution in [1.82, 2.24) is 10.0 Å². The van der Waals surface area contributed by atoms with Crippen molar-refractivity contribution in [2.24, 2.45) is 0 Å². The molecule has 0 heterocycles. The largest absolute Gasteiger partial charge is 0.493 e. The second-order valence-electron chi connectivity index (χ2n) is 8.15. The number of hydrogen-bond acceptors (Lipinski definition) is 3. The Morgan fingerprint density at radius 3 is 2.45 bits per heavy atom. The highest BCUT2D eigenvalue weighted by atomic mass is 19.1. The van der Waals surface area contributed by atoms with E-state index in [1.54, 1.807) is 24.1 Å². The molecule has 29 heavy (non-hydrogen) atoms. The van der Waals surface area contributed by atoms with Crippen molar-refractivity contribution in [3.8, 4) is 5.75 Å². The van der Waals surface area contributed by atoms with Crippen LogP contribution in [0.3, 0.4) is 0 Å². The fourth-order valence-corrected chi connectivity index (χ4v) is 3.97. The molecule has 0 aromatic heterocycles. The molecule has 1 aromatic carbocycles. The molecule has 0 N–H and O–H groups in total. The topological polar surface area (TPSA) is 32.8 Å². The number of carbonyl (C=O) groups excluding carboxylic acids is 1. The number of halogens is 1. The lowest BCUT2D eigenvalue weighted by molar-refractivity contribution is -0.150. The second kappa shape index (κ2) is 9.57. The van der Waals surface area contributed by atoms with E-state index in [1.807, 2.05) is 25.9 Å². The van der Waals surface area contributed by atoms with Crippen LogP contribution in [0.2, 0.25) is 0 Å². The average Bonchev–Trinajstić information content (AvgIpc) is 2.66. The number of hydrogen-bond donors (Lipinski definition) is 0. The molecule has 1 aliphatic carbocycles. The van der Waals surface area contributed by atoms with Crippen LogP contribution in [0.15, 0.2) is 35.4 Å². The standard InChI is InChI=1S/C24H35FN2O2/c1-8-14-29-22-11-10-21(23(25)19(22)5)15-27(16-28)26(7)24(12-9-13-24)20(6)18(4)17(2)3/h10-11,16H,2,8-9,12-15H2,1,3-7H3/b20-18+. The van der Waals surface area contributed by atoms with Crippen molar-refractivity contribution in [1.29, 1.82) is 0 Å². The van der Waals surface area contributed by atoms with E-state index in [4.69, 9.17) is 4.74 Å². The van der Waals surface area contributed by atoms with Crippen molar-refractivity contribution in [3.05, 3.63) is 52.4 Å². The van der Waals surface area contributed by atoms with E-state index in [0.29, 0.717) is 23.5 Å². The highest BCUT2D eigenvalue weighted by molar-refractivity contribution is 5.48. The van der Waals surface area contributed by atoms with E-state index in [2.05, 4.69) is 20.4 Å². The van der Waals surface area contributed by atoms with Gasteiger partial charge in [0.25, 0.3) is 0 Å². The Hall–Kier alpha value is -2.14. The summed E-state index contributed by atoms with van der Waals surface area (Å²) in [5.74, 6) is 0.248. The van der Waals surface area contributed by atoms with E-state index in [9.17, 15) is 9.18 Å². The maximum atomic E-state index is 15.0. The van der Waals surface area contributed by atoms with E-state index in [0.717, 1.165) is 37.7 Å². The number of hydrazine groups is 1. The van der Waals surface area contributed by atoms with Crippen LogP contribution in [0.1, 0.15) is 64.5 Å². The summed E-state index contributed by atoms with van der Waals surface area (Å²) in [6, 6.07) is 3.51. The molecule has 0 unspecified atom stereocenters. The third-order valence-corrected chi connectivity index (χ3v) is 6.42. The number of likely N-dealkylation sites (N-methyl/N-ethyl adjacent to an activating group) is 1. The van der Waals surface area contributed by atoms with Crippen molar-refractivity contribution in [3.63, 3.8) is 0 Å². The van der Waals surface area contributed by atoms with Crippen molar-refractivity contribution < 1.29 is 13.9 Å². The van der Waals surface area contributed by atoms with Gasteiger partial charge in [0.2, 0.25) is 6.41 Å². The van der Waals surface area contributed by atoms with E-state index >= 15 is 0 Å². The summed E-state index contributed by atoms with van der Waals surface area (Å²) in [6.45, 7) is 14.7. The summed E-state index contributed by atoms with van der Waals surface area (Å²) >= 11 is 0. The molecule has 0 spiro atoms. The minimum atomic E-state index is -0.313. The van der Waals surface area contributed by atoms with Crippen LogP contribution in [0.5, 0.6) is 5.75 Å². The molecule has 1 amide bonds. The number of carbonyl (C=O) groups is 1. The summed E-state index contributed by atoms with van der Waals surface area (Å²) in [6.07, 6.45) is 4.70. The molecular formula is C24H35FN2O2. The third-order valence-electron chi connectivity index (χ3n) is 6.42. The third kappa shape index (κ3) is 4.55. The van der Waals surface area contributed by atoms with E-state index in [-0.39, 0.29) is 17.9 Å². The first-order valence-electron chi connectivity index (χ1n) is 10.4. The molecule has 2 rings (SSSR count). The second-order valence-corrected chi connectivity index (χ2v) is 8.15. The summed E-state index contributed by atoms with van der Waals surface area (Å²) in [7, 11) is 1.92. The SMILES string of the molecule is C=C(C)/C(C)=C(\C)C1(N(C)N(C=O)Cc2ccc(OCCC)c(C)c2F)CCC1. The first kappa shape index (κ1) is 23.1. The highest BCUT2D eigenvalue weighted by Crippen LogP contribution is 2.45. The monoisotopic (exact) mass is 402 g/mol. The predicted octanol–water partition coefficient (Wildman–Crippen LogP) is 5.56. The van der Waals surface area contributed by atoms with Crippen molar-refractivity contribution in [2.75, 3.05) is 13.7 Å². The van der Waals surface area contributed by atoms with E-state index < -0.39 is 0 Å². The van der Waals surface area contributed by atoms with Crippen LogP contribution in [-0.2, 0) is 11.3 Å². The zero-order chi connectivity index (χ0) is 21.8. The van der Waals surface area contributed by atoms with Gasteiger partial charge in [-0.25, -0.2) is 9.40 Å². The van der Waals surface area contributed by atoms with Gasteiger partial charge < -0.3 is 4.74 Å². The molecule has 1 aliphatic rings. The molecule has 0 bridgehead atoms. The number of amides is 1. The van der Waals surface area contributed by atoms with Crippen LogP contribution in [0.4, 0.5) is 4.39 Å². The number of ether oxygens (including phenoxy) is 1. The van der Waals surface area contributed by atoms with Crippen LogP contribution < -0.4 is 4.74 Å². The fraction of sp³-hybridized carbons (Fsp3) is 0.542. The molecule has 4 nitrogen and oxygen atoms in total. The molecule has 1 saturated carbocycles. The Labute approximate surface area is 175 Å². The van der Waals surface area contributed by atoms with Gasteiger partial charge in [0.15, 0.2) is 0 Å². The number of allylic oxidation sites excluding steroid dienone is 2. The summed E-state index contributed by atoms with van der Waals surface area (Å²) in [4.78, 5) is 12.0. The number of rotatable bonds is 10. The molecular weight excluding hydrogens is 367 g/mol. The molecule has 1 aromatic rings. The fourth-order valence-electron chi connectivity index (χ4n) is 3.97. The Kier molecular flexibility index (Phi) is 7.64. The summed E-state index contributed by atoms with van der Waals surface area (Å²) in [5, 5.41) is 3.57. The van der Waals surface area contributed by atoms with E-state index in [1.165, 1.54) is 11.1 Å². The minimum Gasteiger partial charge on any atom is -0.493 e. The Morgan fingerprint density at radius 2 is 1.97 bits per heavy atom. The van der Waals surface area contributed by atoms with Crippen molar-refractivity contribution in [2.45, 2.75) is 72.4 Å². The summed E-state index contributed by atoms with van der Waals surface area (Å²) < 4.78 is 20.6. The zero-order valence-corrected chi connectivity index (χ0v) is 18.8. The Morgan fingerprint density at radius 1 is 1.31 bits per heavy atom. The van der Waals surface area contributed by atoms with Gasteiger partial charge in [-0.1, -0.05) is 25.1 Å². The van der Waals surface area contributed by atoms with Gasteiger partial charge in [-0.3, -0.25) is 9.80 Å². The Bertz CT molecular complexity index is 796. The van der Waals surface area contributed by atoms with Crippen molar-refractivity contribution >= 4 is 6.41 Å². The maximum Gasteiger partial charge on any atom is 0.224 e. The predicted molar refractivity (Wildman–Crippen MR) is 116 cm³/mol. The summed E-state index contributed by atoms with van der Waals surface area (Å²) in [5.41, 5.74) is 4.17. The number of benzene rings is 1. The van der Waals surface area contributed by atoms with Crippen LogP contribution in [0.25, 0.3) is 0 Å². The van der Waals surface area contributed by atoms with Gasteiger partial charge in [0.1, 0.15) is 11.6 Å². The first-order chi connectivity index (χ1) is 13.7. The molecule has 1 fully saturated rings. The quantitative estimate of drug-likeness (QED) is 0.292.